The Morgan fingerprint density at radius 1 is 1.36 bits per heavy atom. The van der Waals surface area contributed by atoms with E-state index >= 15 is 0 Å². The van der Waals surface area contributed by atoms with Crippen molar-refractivity contribution in [2.24, 2.45) is 5.92 Å². The fourth-order valence-electron chi connectivity index (χ4n) is 0.955. The van der Waals surface area contributed by atoms with Gasteiger partial charge in [0.05, 0.1) is 0 Å². The molecule has 11 heavy (non-hydrogen) atoms. The van der Waals surface area contributed by atoms with E-state index in [4.69, 9.17) is 0 Å². The molecular formula is C11H24. The molecule has 1 atom stereocenters. The fraction of sp³-hybridized carbons (Fsp3) is 0.818. The molecular weight excluding hydrogens is 132 g/mol. The van der Waals surface area contributed by atoms with Crippen LogP contribution in [0.25, 0.3) is 0 Å². The zero-order valence-electron chi connectivity index (χ0n) is 8.69. The van der Waals surface area contributed by atoms with Crippen LogP contribution in [-0.4, -0.2) is 0 Å². The summed E-state index contributed by atoms with van der Waals surface area (Å²) in [6, 6.07) is 0. The van der Waals surface area contributed by atoms with Crippen molar-refractivity contribution < 1.29 is 0 Å². The third-order valence-corrected chi connectivity index (χ3v) is 1.62. The summed E-state index contributed by atoms with van der Waals surface area (Å²) in [5.74, 6) is 0.849. The number of unbranched alkanes of at least 4 members (excludes halogenated alkanes) is 1. The molecule has 0 saturated heterocycles. The lowest BCUT2D eigenvalue weighted by molar-refractivity contribution is 0.512. The standard InChI is InChI=1S/C9H18.C2H6/c1-4-6-8-9(3)7-5-2;1-2/h5,9H,2,4,6-8H2,1,3H3;1-2H3/t9-;/m0./s1. The van der Waals surface area contributed by atoms with Gasteiger partial charge in [-0.2, -0.15) is 0 Å². The molecule has 0 aromatic heterocycles. The zero-order valence-corrected chi connectivity index (χ0v) is 8.69. The summed E-state index contributed by atoms with van der Waals surface area (Å²) in [5.41, 5.74) is 0. The SMILES string of the molecule is C=CC[C@H](C)CCCC.CC. The van der Waals surface area contributed by atoms with Gasteiger partial charge in [0.25, 0.3) is 0 Å². The van der Waals surface area contributed by atoms with E-state index in [-0.39, 0.29) is 0 Å². The molecule has 0 rings (SSSR count). The third-order valence-electron chi connectivity index (χ3n) is 1.62. The molecule has 0 heteroatoms. The average molecular weight is 156 g/mol. The fourth-order valence-corrected chi connectivity index (χ4v) is 0.955. The summed E-state index contributed by atoms with van der Waals surface area (Å²) >= 11 is 0. The van der Waals surface area contributed by atoms with E-state index in [9.17, 15) is 0 Å². The number of hydrogen-bond donors (Lipinski definition) is 0. The Balaban J connectivity index is 0. The van der Waals surface area contributed by atoms with Crippen LogP contribution >= 0.6 is 0 Å². The van der Waals surface area contributed by atoms with E-state index in [1.165, 1.54) is 25.7 Å². The summed E-state index contributed by atoms with van der Waals surface area (Å²) in [5, 5.41) is 0. The van der Waals surface area contributed by atoms with Gasteiger partial charge in [-0.25, -0.2) is 0 Å². The molecule has 0 aromatic carbocycles. The van der Waals surface area contributed by atoms with Crippen molar-refractivity contribution in [2.45, 2.75) is 53.4 Å². The molecule has 0 aliphatic rings. The van der Waals surface area contributed by atoms with Crippen molar-refractivity contribution in [2.75, 3.05) is 0 Å². The molecule has 0 N–H and O–H groups in total. The van der Waals surface area contributed by atoms with E-state index in [0.29, 0.717) is 0 Å². The molecule has 0 radical (unpaired) electrons. The van der Waals surface area contributed by atoms with E-state index in [1.807, 2.05) is 19.9 Å². The summed E-state index contributed by atoms with van der Waals surface area (Å²) < 4.78 is 0. The van der Waals surface area contributed by atoms with E-state index < -0.39 is 0 Å². The third kappa shape index (κ3) is 12.8. The first-order valence-electron chi connectivity index (χ1n) is 4.92. The van der Waals surface area contributed by atoms with Gasteiger partial charge >= 0.3 is 0 Å². The van der Waals surface area contributed by atoms with Crippen LogP contribution in [0.3, 0.4) is 0 Å². The van der Waals surface area contributed by atoms with Crippen LogP contribution in [0.1, 0.15) is 53.4 Å². The second kappa shape index (κ2) is 12.4. The van der Waals surface area contributed by atoms with Crippen LogP contribution in [0.15, 0.2) is 12.7 Å². The van der Waals surface area contributed by atoms with Crippen LogP contribution in [0, 0.1) is 5.92 Å². The average Bonchev–Trinajstić information content (AvgIpc) is 2.05. The highest BCUT2D eigenvalue weighted by Gasteiger charge is 1.96. The predicted octanol–water partition coefficient (Wildman–Crippen LogP) is 4.42. The van der Waals surface area contributed by atoms with E-state index in [2.05, 4.69) is 20.4 Å². The molecule has 0 bridgehead atoms. The van der Waals surface area contributed by atoms with Crippen molar-refractivity contribution >= 4 is 0 Å². The first kappa shape index (κ1) is 13.3. The van der Waals surface area contributed by atoms with Gasteiger partial charge < -0.3 is 0 Å². The highest BCUT2D eigenvalue weighted by molar-refractivity contribution is 4.69. The van der Waals surface area contributed by atoms with Gasteiger partial charge in [-0.3, -0.25) is 0 Å². The smallest absolute Gasteiger partial charge is 0.0328 e. The minimum atomic E-state index is 0.849. The zero-order chi connectivity index (χ0) is 9.11. The largest absolute Gasteiger partial charge is 0.103 e. The van der Waals surface area contributed by atoms with Gasteiger partial charge in [-0.1, -0.05) is 53.0 Å². The molecule has 0 aliphatic carbocycles. The summed E-state index contributed by atoms with van der Waals surface area (Å²) in [4.78, 5) is 0. The van der Waals surface area contributed by atoms with Crippen LogP contribution < -0.4 is 0 Å². The Morgan fingerprint density at radius 3 is 2.27 bits per heavy atom. The molecule has 68 valence electrons. The molecule has 0 aromatic rings. The second-order valence-corrected chi connectivity index (χ2v) is 2.77. The number of allylic oxidation sites excluding steroid dienone is 1. The maximum atomic E-state index is 3.71. The lowest BCUT2D eigenvalue weighted by atomic mass is 10.0. The van der Waals surface area contributed by atoms with Gasteiger partial charge in [0.15, 0.2) is 0 Å². The van der Waals surface area contributed by atoms with Crippen molar-refractivity contribution in [3.8, 4) is 0 Å². The lowest BCUT2D eigenvalue weighted by Crippen LogP contribution is -1.90. The lowest BCUT2D eigenvalue weighted by Gasteiger charge is -2.05. The van der Waals surface area contributed by atoms with Crippen molar-refractivity contribution in [1.29, 1.82) is 0 Å². The van der Waals surface area contributed by atoms with Gasteiger partial charge in [0.1, 0.15) is 0 Å². The molecule has 0 nitrogen and oxygen atoms in total. The van der Waals surface area contributed by atoms with Crippen LogP contribution in [0.4, 0.5) is 0 Å². The normalized spacial score (nSPS) is 11.3. The first-order chi connectivity index (χ1) is 5.31. The molecule has 0 unspecified atom stereocenters. The van der Waals surface area contributed by atoms with Gasteiger partial charge in [0.2, 0.25) is 0 Å². The van der Waals surface area contributed by atoms with Crippen molar-refractivity contribution in [3.05, 3.63) is 12.7 Å². The number of rotatable bonds is 5. The number of hydrogen-bond acceptors (Lipinski definition) is 0. The van der Waals surface area contributed by atoms with Crippen molar-refractivity contribution in [1.82, 2.24) is 0 Å². The monoisotopic (exact) mass is 156 g/mol. The predicted molar refractivity (Wildman–Crippen MR) is 54.9 cm³/mol. The highest BCUT2D eigenvalue weighted by atomic mass is 14.0. The Kier molecular flexibility index (Phi) is 15.1. The van der Waals surface area contributed by atoms with Crippen LogP contribution in [0.5, 0.6) is 0 Å². The van der Waals surface area contributed by atoms with E-state index in [1.54, 1.807) is 0 Å². The molecule has 0 amide bonds. The minimum Gasteiger partial charge on any atom is -0.103 e. The van der Waals surface area contributed by atoms with E-state index in [0.717, 1.165) is 5.92 Å². The minimum absolute atomic E-state index is 0.849. The summed E-state index contributed by atoms with van der Waals surface area (Å²) in [6.45, 7) is 12.2. The Hall–Kier alpha value is -0.260. The molecule has 0 spiro atoms. The summed E-state index contributed by atoms with van der Waals surface area (Å²) in [6.07, 6.45) is 7.25. The topological polar surface area (TPSA) is 0 Å². The molecule has 0 saturated carbocycles. The highest BCUT2D eigenvalue weighted by Crippen LogP contribution is 2.11. The van der Waals surface area contributed by atoms with Gasteiger partial charge in [0, 0.05) is 0 Å². The summed E-state index contributed by atoms with van der Waals surface area (Å²) in [7, 11) is 0. The van der Waals surface area contributed by atoms with Crippen LogP contribution in [-0.2, 0) is 0 Å². The quantitative estimate of drug-likeness (QED) is 0.517. The second-order valence-electron chi connectivity index (χ2n) is 2.77. The molecule has 0 fully saturated rings. The van der Waals surface area contributed by atoms with Crippen molar-refractivity contribution in [3.63, 3.8) is 0 Å². The maximum absolute atomic E-state index is 3.71. The maximum Gasteiger partial charge on any atom is -0.0328 e. The molecule has 0 aliphatic heterocycles. The van der Waals surface area contributed by atoms with Gasteiger partial charge in [-0.15, -0.1) is 6.58 Å². The van der Waals surface area contributed by atoms with Gasteiger partial charge in [-0.05, 0) is 12.3 Å². The Labute approximate surface area is 72.7 Å². The van der Waals surface area contributed by atoms with Crippen LogP contribution in [0.2, 0.25) is 0 Å². The Bertz CT molecular complexity index is 64.4. The molecule has 0 heterocycles. The Morgan fingerprint density at radius 2 is 1.91 bits per heavy atom. The first-order valence-corrected chi connectivity index (χ1v) is 4.92.